The van der Waals surface area contributed by atoms with Crippen LogP contribution in [0.15, 0.2) is 24.3 Å². The number of aryl methyl sites for hydroxylation is 1. The molecule has 1 fully saturated rings. The molecule has 94 valence electrons. The quantitative estimate of drug-likeness (QED) is 0.790. The Labute approximate surface area is 103 Å². The Morgan fingerprint density at radius 1 is 1.47 bits per heavy atom. The Balaban J connectivity index is 1.63. The molecular weight excluding hydrogens is 214 g/mol. The molecule has 2 rings (SSSR count). The van der Waals surface area contributed by atoms with Crippen molar-refractivity contribution in [2.45, 2.75) is 25.9 Å². The third-order valence-electron chi connectivity index (χ3n) is 3.12. The maximum atomic E-state index is 9.39. The molecule has 0 aromatic heterocycles. The van der Waals surface area contributed by atoms with Crippen LogP contribution in [0.2, 0.25) is 0 Å². The molecule has 17 heavy (non-hydrogen) atoms. The summed E-state index contributed by atoms with van der Waals surface area (Å²) in [4.78, 5) is 2.30. The van der Waals surface area contributed by atoms with E-state index >= 15 is 0 Å². The molecule has 0 bridgehead atoms. The number of aliphatic hydroxyl groups excluding tert-OH is 1. The molecule has 1 aliphatic rings. The third kappa shape index (κ3) is 4.02. The molecule has 0 radical (unpaired) electrons. The summed E-state index contributed by atoms with van der Waals surface area (Å²) in [6.07, 6.45) is 1.81. The summed E-state index contributed by atoms with van der Waals surface area (Å²) in [6, 6.07) is 8.13. The lowest BCUT2D eigenvalue weighted by Crippen LogP contribution is -2.24. The van der Waals surface area contributed by atoms with E-state index in [9.17, 15) is 5.11 Å². The number of benzene rings is 1. The maximum Gasteiger partial charge on any atom is 0.119 e. The van der Waals surface area contributed by atoms with Gasteiger partial charge in [0.05, 0.1) is 12.7 Å². The Morgan fingerprint density at radius 3 is 3.06 bits per heavy atom. The molecule has 3 nitrogen and oxygen atoms in total. The van der Waals surface area contributed by atoms with Crippen LogP contribution in [0, 0.1) is 6.92 Å². The number of ether oxygens (including phenoxy) is 1. The van der Waals surface area contributed by atoms with Gasteiger partial charge in [-0.15, -0.1) is 0 Å². The summed E-state index contributed by atoms with van der Waals surface area (Å²) in [5.41, 5.74) is 1.23. The first-order valence-corrected chi connectivity index (χ1v) is 6.34. The molecule has 3 heteroatoms. The van der Waals surface area contributed by atoms with Gasteiger partial charge in [0.2, 0.25) is 0 Å². The fraction of sp³-hybridized carbons (Fsp3) is 0.571. The minimum absolute atomic E-state index is 0.118. The molecule has 0 saturated carbocycles. The Hall–Kier alpha value is -1.06. The second-order valence-corrected chi connectivity index (χ2v) is 4.76. The number of β-amino-alcohol motifs (C(OH)–C–C–N with tert-alkyl or cyclic N) is 1. The highest BCUT2D eigenvalue weighted by Gasteiger charge is 2.18. The molecule has 1 unspecified atom stereocenters. The van der Waals surface area contributed by atoms with Gasteiger partial charge in [-0.3, -0.25) is 0 Å². The fourth-order valence-electron chi connectivity index (χ4n) is 2.20. The van der Waals surface area contributed by atoms with Gasteiger partial charge in [0.25, 0.3) is 0 Å². The molecule has 1 saturated heterocycles. The number of likely N-dealkylation sites (tertiary alicyclic amines) is 1. The lowest BCUT2D eigenvalue weighted by molar-refractivity contribution is 0.173. The van der Waals surface area contributed by atoms with Gasteiger partial charge < -0.3 is 14.7 Å². The van der Waals surface area contributed by atoms with E-state index < -0.39 is 0 Å². The van der Waals surface area contributed by atoms with Gasteiger partial charge in [-0.1, -0.05) is 12.1 Å². The minimum atomic E-state index is -0.118. The van der Waals surface area contributed by atoms with Crippen LogP contribution in [-0.4, -0.2) is 42.4 Å². The molecule has 0 amide bonds. The Morgan fingerprint density at radius 2 is 2.35 bits per heavy atom. The third-order valence-corrected chi connectivity index (χ3v) is 3.12. The zero-order chi connectivity index (χ0) is 12.1. The number of aliphatic hydroxyl groups is 1. The topological polar surface area (TPSA) is 32.7 Å². The average molecular weight is 235 g/mol. The zero-order valence-electron chi connectivity index (χ0n) is 10.4. The van der Waals surface area contributed by atoms with Gasteiger partial charge in [0, 0.05) is 19.6 Å². The van der Waals surface area contributed by atoms with E-state index in [2.05, 4.69) is 24.0 Å². The molecule has 1 aromatic carbocycles. The van der Waals surface area contributed by atoms with Crippen molar-refractivity contribution >= 4 is 0 Å². The highest BCUT2D eigenvalue weighted by atomic mass is 16.5. The van der Waals surface area contributed by atoms with E-state index in [1.54, 1.807) is 0 Å². The van der Waals surface area contributed by atoms with Crippen LogP contribution in [0.5, 0.6) is 5.75 Å². The first-order chi connectivity index (χ1) is 8.24. The van der Waals surface area contributed by atoms with Crippen molar-refractivity contribution in [3.63, 3.8) is 0 Å². The van der Waals surface area contributed by atoms with Crippen LogP contribution in [-0.2, 0) is 0 Å². The summed E-state index contributed by atoms with van der Waals surface area (Å²) in [5, 5.41) is 9.39. The molecule has 1 aromatic rings. The summed E-state index contributed by atoms with van der Waals surface area (Å²) in [5.74, 6) is 0.950. The zero-order valence-corrected chi connectivity index (χ0v) is 10.4. The second kappa shape index (κ2) is 6.03. The summed E-state index contributed by atoms with van der Waals surface area (Å²) in [6.45, 7) is 5.67. The Bertz CT molecular complexity index is 354. The predicted octanol–water partition coefficient (Wildman–Crippen LogP) is 1.83. The molecule has 1 N–H and O–H groups in total. The monoisotopic (exact) mass is 235 g/mol. The first kappa shape index (κ1) is 12.4. The van der Waals surface area contributed by atoms with Crippen LogP contribution in [0.1, 0.15) is 18.4 Å². The van der Waals surface area contributed by atoms with Gasteiger partial charge in [-0.05, 0) is 37.5 Å². The van der Waals surface area contributed by atoms with Crippen molar-refractivity contribution in [1.82, 2.24) is 4.90 Å². The van der Waals surface area contributed by atoms with Gasteiger partial charge >= 0.3 is 0 Å². The molecule has 1 aliphatic heterocycles. The van der Waals surface area contributed by atoms with Crippen molar-refractivity contribution in [2.24, 2.45) is 0 Å². The minimum Gasteiger partial charge on any atom is -0.494 e. The summed E-state index contributed by atoms with van der Waals surface area (Å²) in [7, 11) is 0. The van der Waals surface area contributed by atoms with Gasteiger partial charge in [-0.25, -0.2) is 0 Å². The van der Waals surface area contributed by atoms with Gasteiger partial charge in [0.15, 0.2) is 0 Å². The largest absolute Gasteiger partial charge is 0.494 e. The highest BCUT2D eigenvalue weighted by molar-refractivity contribution is 5.27. The van der Waals surface area contributed by atoms with Crippen molar-refractivity contribution in [2.75, 3.05) is 26.2 Å². The second-order valence-electron chi connectivity index (χ2n) is 4.76. The number of hydrogen-bond donors (Lipinski definition) is 1. The summed E-state index contributed by atoms with van der Waals surface area (Å²) >= 11 is 0. The maximum absolute atomic E-state index is 9.39. The van der Waals surface area contributed by atoms with E-state index in [4.69, 9.17) is 4.74 Å². The van der Waals surface area contributed by atoms with Crippen LogP contribution in [0.3, 0.4) is 0 Å². The molecular formula is C14H21NO2. The first-order valence-electron chi connectivity index (χ1n) is 6.34. The number of hydrogen-bond acceptors (Lipinski definition) is 3. The van der Waals surface area contributed by atoms with E-state index in [-0.39, 0.29) is 6.10 Å². The van der Waals surface area contributed by atoms with E-state index in [1.165, 1.54) is 5.56 Å². The van der Waals surface area contributed by atoms with Crippen LogP contribution in [0.4, 0.5) is 0 Å². The standard InChI is InChI=1S/C14H21NO2/c1-12-4-2-5-14(10-12)17-9-3-7-15-8-6-13(16)11-15/h2,4-5,10,13,16H,3,6-9,11H2,1H3. The van der Waals surface area contributed by atoms with Gasteiger partial charge in [0.1, 0.15) is 5.75 Å². The van der Waals surface area contributed by atoms with Gasteiger partial charge in [-0.2, -0.15) is 0 Å². The van der Waals surface area contributed by atoms with E-state index in [0.717, 1.165) is 44.8 Å². The van der Waals surface area contributed by atoms with E-state index in [1.807, 2.05) is 12.1 Å². The predicted molar refractivity (Wildman–Crippen MR) is 68.4 cm³/mol. The Kier molecular flexibility index (Phi) is 4.40. The summed E-state index contributed by atoms with van der Waals surface area (Å²) < 4.78 is 5.68. The molecule has 0 aliphatic carbocycles. The fourth-order valence-corrected chi connectivity index (χ4v) is 2.20. The highest BCUT2D eigenvalue weighted by Crippen LogP contribution is 2.13. The normalized spacial score (nSPS) is 20.7. The number of nitrogens with zero attached hydrogens (tertiary/aromatic N) is 1. The van der Waals surface area contributed by atoms with Crippen molar-refractivity contribution in [3.8, 4) is 5.75 Å². The van der Waals surface area contributed by atoms with Crippen LogP contribution >= 0.6 is 0 Å². The SMILES string of the molecule is Cc1cccc(OCCCN2CCC(O)C2)c1. The lowest BCUT2D eigenvalue weighted by atomic mass is 10.2. The average Bonchev–Trinajstić information content (AvgIpc) is 2.71. The van der Waals surface area contributed by atoms with Crippen LogP contribution < -0.4 is 4.74 Å². The van der Waals surface area contributed by atoms with Crippen molar-refractivity contribution in [3.05, 3.63) is 29.8 Å². The number of rotatable bonds is 5. The molecule has 1 heterocycles. The van der Waals surface area contributed by atoms with Crippen molar-refractivity contribution in [1.29, 1.82) is 0 Å². The molecule has 0 spiro atoms. The lowest BCUT2D eigenvalue weighted by Gasteiger charge is -2.14. The smallest absolute Gasteiger partial charge is 0.119 e. The van der Waals surface area contributed by atoms with Crippen LogP contribution in [0.25, 0.3) is 0 Å². The van der Waals surface area contributed by atoms with E-state index in [0.29, 0.717) is 0 Å². The molecule has 1 atom stereocenters. The van der Waals surface area contributed by atoms with Crippen molar-refractivity contribution < 1.29 is 9.84 Å².